The molecule has 0 atom stereocenters. The molecule has 6 nitrogen and oxygen atoms in total. The monoisotopic (exact) mass is 435 g/mol. The summed E-state index contributed by atoms with van der Waals surface area (Å²) >= 11 is 6.11. The molecule has 7 heteroatoms. The summed E-state index contributed by atoms with van der Waals surface area (Å²) in [5.74, 6) is 0.562. The molecule has 0 unspecified atom stereocenters. The fourth-order valence-electron chi connectivity index (χ4n) is 3.34. The maximum absolute atomic E-state index is 13.0. The van der Waals surface area contributed by atoms with Crippen LogP contribution >= 0.6 is 11.6 Å². The number of amides is 1. The second-order valence-corrected chi connectivity index (χ2v) is 7.41. The third-order valence-corrected chi connectivity index (χ3v) is 5.01. The summed E-state index contributed by atoms with van der Waals surface area (Å²) in [5.41, 5.74) is 3.81. The summed E-state index contributed by atoms with van der Waals surface area (Å²) in [6.45, 7) is 2.80. The van der Waals surface area contributed by atoms with E-state index in [0.29, 0.717) is 35.9 Å². The number of nitrogens with one attached hydrogen (secondary N) is 1. The summed E-state index contributed by atoms with van der Waals surface area (Å²) in [6.07, 6.45) is 3.86. The second-order valence-electron chi connectivity index (χ2n) is 6.98. The minimum Gasteiger partial charge on any atom is -0.467 e. The van der Waals surface area contributed by atoms with Crippen molar-refractivity contribution in [1.82, 2.24) is 9.78 Å². The van der Waals surface area contributed by atoms with E-state index >= 15 is 0 Å². The lowest BCUT2D eigenvalue weighted by Gasteiger charge is -2.10. The molecule has 0 aliphatic rings. The van der Waals surface area contributed by atoms with Crippen molar-refractivity contribution in [2.45, 2.75) is 26.6 Å². The molecule has 0 aliphatic heterocycles. The Morgan fingerprint density at radius 1 is 1.13 bits per heavy atom. The molecule has 4 rings (SSSR count). The van der Waals surface area contributed by atoms with Gasteiger partial charge in [-0.25, -0.2) is 4.68 Å². The summed E-state index contributed by atoms with van der Waals surface area (Å²) < 4.78 is 12.7. The summed E-state index contributed by atoms with van der Waals surface area (Å²) in [7, 11) is 0. The van der Waals surface area contributed by atoms with Gasteiger partial charge in [0.05, 0.1) is 36.0 Å². The van der Waals surface area contributed by atoms with Crippen molar-refractivity contribution < 1.29 is 13.9 Å². The molecule has 2 aromatic carbocycles. The molecule has 0 bridgehead atoms. The Bertz CT molecular complexity index is 1170. The van der Waals surface area contributed by atoms with E-state index < -0.39 is 0 Å². The number of benzene rings is 2. The van der Waals surface area contributed by atoms with Gasteiger partial charge in [-0.2, -0.15) is 5.10 Å². The van der Waals surface area contributed by atoms with E-state index in [1.165, 1.54) is 0 Å². The van der Waals surface area contributed by atoms with E-state index in [-0.39, 0.29) is 5.91 Å². The number of furan rings is 1. The number of anilines is 1. The average molecular weight is 436 g/mol. The number of hydrogen-bond donors (Lipinski definition) is 1. The Labute approximate surface area is 185 Å². The Hall–Kier alpha value is -3.35. The molecule has 0 fully saturated rings. The molecule has 1 N–H and O–H groups in total. The van der Waals surface area contributed by atoms with Gasteiger partial charge in [0.15, 0.2) is 0 Å². The Morgan fingerprint density at radius 2 is 2.00 bits per heavy atom. The van der Waals surface area contributed by atoms with Crippen LogP contribution in [0, 0.1) is 0 Å². The van der Waals surface area contributed by atoms with E-state index in [2.05, 4.69) is 10.4 Å². The zero-order chi connectivity index (χ0) is 21.6. The minimum absolute atomic E-state index is 0.209. The van der Waals surface area contributed by atoms with Crippen molar-refractivity contribution in [1.29, 1.82) is 0 Å². The molecule has 0 radical (unpaired) electrons. The van der Waals surface area contributed by atoms with Gasteiger partial charge in [0, 0.05) is 10.7 Å². The zero-order valence-corrected chi connectivity index (χ0v) is 17.8. The third-order valence-electron chi connectivity index (χ3n) is 4.78. The van der Waals surface area contributed by atoms with Gasteiger partial charge >= 0.3 is 0 Å². The van der Waals surface area contributed by atoms with Crippen LogP contribution in [0.1, 0.15) is 34.3 Å². The molecule has 2 aromatic heterocycles. The van der Waals surface area contributed by atoms with Gasteiger partial charge in [-0.15, -0.1) is 0 Å². The highest BCUT2D eigenvalue weighted by Gasteiger charge is 2.17. The van der Waals surface area contributed by atoms with Crippen LogP contribution in [-0.4, -0.2) is 15.7 Å². The molecule has 31 heavy (non-hydrogen) atoms. The number of aromatic nitrogens is 2. The predicted molar refractivity (Wildman–Crippen MR) is 120 cm³/mol. The number of nitrogens with zero attached hydrogens (tertiary/aromatic N) is 2. The zero-order valence-electron chi connectivity index (χ0n) is 17.0. The number of carbonyl (C=O) groups is 1. The van der Waals surface area contributed by atoms with Crippen LogP contribution in [0.5, 0.6) is 0 Å². The first-order valence-electron chi connectivity index (χ1n) is 9.97. The maximum atomic E-state index is 13.0. The van der Waals surface area contributed by atoms with Crippen LogP contribution in [0.2, 0.25) is 5.02 Å². The third kappa shape index (κ3) is 5.05. The Balaban J connectivity index is 1.46. The molecule has 0 spiro atoms. The molecule has 158 valence electrons. The molecule has 0 saturated heterocycles. The molecule has 0 saturated carbocycles. The van der Waals surface area contributed by atoms with E-state index in [4.69, 9.17) is 20.8 Å². The first kappa shape index (κ1) is 20.9. The van der Waals surface area contributed by atoms with Crippen molar-refractivity contribution >= 4 is 23.2 Å². The first-order valence-corrected chi connectivity index (χ1v) is 10.3. The van der Waals surface area contributed by atoms with Crippen LogP contribution in [-0.2, 0) is 24.4 Å². The number of halogens is 1. The van der Waals surface area contributed by atoms with Crippen molar-refractivity contribution in [2.75, 3.05) is 5.32 Å². The molecular formula is C24H22ClN3O3. The van der Waals surface area contributed by atoms with Crippen LogP contribution in [0.3, 0.4) is 0 Å². The highest BCUT2D eigenvalue weighted by molar-refractivity contribution is 6.30. The minimum atomic E-state index is -0.209. The maximum Gasteiger partial charge on any atom is 0.259 e. The summed E-state index contributed by atoms with van der Waals surface area (Å²) in [5, 5.41) is 7.99. The average Bonchev–Trinajstić information content (AvgIpc) is 3.44. The second kappa shape index (κ2) is 9.64. The van der Waals surface area contributed by atoms with E-state index in [1.807, 2.05) is 61.5 Å². The largest absolute Gasteiger partial charge is 0.467 e. The number of carbonyl (C=O) groups excluding carboxylic acids is 1. The number of rotatable bonds is 8. The van der Waals surface area contributed by atoms with Gasteiger partial charge < -0.3 is 14.5 Å². The van der Waals surface area contributed by atoms with Crippen molar-refractivity contribution in [3.63, 3.8) is 0 Å². The smallest absolute Gasteiger partial charge is 0.259 e. The van der Waals surface area contributed by atoms with Crippen LogP contribution in [0.15, 0.2) is 77.5 Å². The SMILES string of the molecule is CCc1c(C(=O)Nc2cccc(COCc3ccco3)c2)cnn1-c1cccc(Cl)c1. The lowest BCUT2D eigenvalue weighted by atomic mass is 10.1. The summed E-state index contributed by atoms with van der Waals surface area (Å²) in [6, 6.07) is 18.7. The Kier molecular flexibility index (Phi) is 6.50. The van der Waals surface area contributed by atoms with Crippen LogP contribution in [0.25, 0.3) is 5.69 Å². The van der Waals surface area contributed by atoms with Crippen molar-refractivity contribution in [3.05, 3.63) is 101 Å². The highest BCUT2D eigenvalue weighted by atomic mass is 35.5. The lowest BCUT2D eigenvalue weighted by Crippen LogP contribution is -2.14. The van der Waals surface area contributed by atoms with Gasteiger partial charge in [-0.05, 0) is 54.4 Å². The van der Waals surface area contributed by atoms with Gasteiger partial charge in [0.25, 0.3) is 5.91 Å². The van der Waals surface area contributed by atoms with E-state index in [0.717, 1.165) is 22.7 Å². The van der Waals surface area contributed by atoms with Gasteiger partial charge in [-0.3, -0.25) is 4.79 Å². The predicted octanol–water partition coefficient (Wildman–Crippen LogP) is 5.65. The van der Waals surface area contributed by atoms with Crippen LogP contribution in [0.4, 0.5) is 5.69 Å². The fourth-order valence-corrected chi connectivity index (χ4v) is 3.52. The molecular weight excluding hydrogens is 414 g/mol. The lowest BCUT2D eigenvalue weighted by molar-refractivity contribution is 0.0929. The molecule has 0 aliphatic carbocycles. The van der Waals surface area contributed by atoms with Gasteiger partial charge in [0.1, 0.15) is 12.4 Å². The van der Waals surface area contributed by atoms with Crippen LogP contribution < -0.4 is 5.32 Å². The molecule has 2 heterocycles. The topological polar surface area (TPSA) is 69.3 Å². The molecule has 1 amide bonds. The van der Waals surface area contributed by atoms with E-state index in [1.54, 1.807) is 23.2 Å². The van der Waals surface area contributed by atoms with E-state index in [9.17, 15) is 4.79 Å². The first-order chi connectivity index (χ1) is 15.1. The number of ether oxygens (including phenoxy) is 1. The molecule has 4 aromatic rings. The number of hydrogen-bond acceptors (Lipinski definition) is 4. The van der Waals surface area contributed by atoms with Crippen molar-refractivity contribution in [3.8, 4) is 5.69 Å². The normalized spacial score (nSPS) is 10.9. The fraction of sp³-hybridized carbons (Fsp3) is 0.167. The highest BCUT2D eigenvalue weighted by Crippen LogP contribution is 2.21. The standard InChI is InChI=1S/C24H22ClN3O3/c1-2-23-22(14-26-28(23)20-9-4-7-18(25)13-20)24(29)27-19-8-3-6-17(12-19)15-30-16-21-10-5-11-31-21/h3-14H,2,15-16H2,1H3,(H,27,29). The van der Waals surface area contributed by atoms with Gasteiger partial charge in [0.2, 0.25) is 0 Å². The quantitative estimate of drug-likeness (QED) is 0.388. The summed E-state index contributed by atoms with van der Waals surface area (Å²) in [4.78, 5) is 13.0. The van der Waals surface area contributed by atoms with Crippen molar-refractivity contribution in [2.24, 2.45) is 0 Å². The Morgan fingerprint density at radius 3 is 2.77 bits per heavy atom. The van der Waals surface area contributed by atoms with Gasteiger partial charge in [-0.1, -0.05) is 36.7 Å².